The molecule has 0 bridgehead atoms. The number of aromatic nitrogens is 3. The third-order valence-electron chi connectivity index (χ3n) is 5.12. The van der Waals surface area contributed by atoms with E-state index in [2.05, 4.69) is 14.8 Å². The van der Waals surface area contributed by atoms with Crippen LogP contribution in [0.15, 0.2) is 50.1 Å². The summed E-state index contributed by atoms with van der Waals surface area (Å²) in [4.78, 5) is 13.1. The summed E-state index contributed by atoms with van der Waals surface area (Å²) in [6.45, 7) is 1.46. The molecule has 1 aliphatic heterocycles. The summed E-state index contributed by atoms with van der Waals surface area (Å²) in [7, 11) is 0. The second kappa shape index (κ2) is 8.66. The van der Waals surface area contributed by atoms with E-state index in [-0.39, 0.29) is 16.9 Å². The summed E-state index contributed by atoms with van der Waals surface area (Å²) in [5.74, 6) is 1.16. The summed E-state index contributed by atoms with van der Waals surface area (Å²) in [6, 6.07) is 8.44. The first kappa shape index (κ1) is 20.6. The third kappa shape index (κ3) is 4.23. The van der Waals surface area contributed by atoms with Crippen LogP contribution in [0.5, 0.6) is 5.75 Å². The number of nitrogens with zero attached hydrogens (tertiary/aromatic N) is 3. The fraction of sp³-hybridized carbons (Fsp3) is 0.286. The Morgan fingerprint density at radius 1 is 1.32 bits per heavy atom. The number of ether oxygens (including phenoxy) is 1. The van der Waals surface area contributed by atoms with Gasteiger partial charge in [0.15, 0.2) is 11.0 Å². The predicted octanol–water partition coefficient (Wildman–Crippen LogP) is 4.94. The van der Waals surface area contributed by atoms with E-state index in [1.807, 2.05) is 17.5 Å². The van der Waals surface area contributed by atoms with E-state index in [9.17, 15) is 9.90 Å². The molecule has 7 nitrogen and oxygen atoms in total. The molecule has 1 saturated heterocycles. The fourth-order valence-electron chi connectivity index (χ4n) is 3.64. The number of thioether (sulfide) groups is 1. The third-order valence-corrected chi connectivity index (χ3v) is 7.31. The smallest absolute Gasteiger partial charge is 0.336 e. The van der Waals surface area contributed by atoms with E-state index >= 15 is 0 Å². The molecule has 0 saturated carbocycles. The maximum atomic E-state index is 12.0. The molecule has 1 unspecified atom stereocenters. The lowest BCUT2D eigenvalue weighted by Gasteiger charge is -2.14. The number of rotatable bonds is 6. The molecule has 5 rings (SSSR count). The van der Waals surface area contributed by atoms with E-state index in [4.69, 9.17) is 20.8 Å². The molecule has 4 aromatic rings. The molecule has 1 aromatic carbocycles. The van der Waals surface area contributed by atoms with Crippen LogP contribution in [-0.4, -0.2) is 32.6 Å². The van der Waals surface area contributed by atoms with Crippen LogP contribution in [0.3, 0.4) is 0 Å². The van der Waals surface area contributed by atoms with Crippen molar-refractivity contribution in [2.75, 3.05) is 6.61 Å². The minimum absolute atomic E-state index is 0.126. The van der Waals surface area contributed by atoms with Gasteiger partial charge in [0.05, 0.1) is 22.5 Å². The zero-order valence-electron chi connectivity index (χ0n) is 16.3. The Hall–Kier alpha value is -2.33. The van der Waals surface area contributed by atoms with Crippen LogP contribution in [0, 0.1) is 0 Å². The van der Waals surface area contributed by atoms with Gasteiger partial charge in [0.25, 0.3) is 0 Å². The van der Waals surface area contributed by atoms with Crippen LogP contribution in [0.1, 0.15) is 18.4 Å². The largest absolute Gasteiger partial charge is 0.506 e. The first-order valence-electron chi connectivity index (χ1n) is 9.75. The molecule has 4 heterocycles. The van der Waals surface area contributed by atoms with Gasteiger partial charge in [0.2, 0.25) is 0 Å². The number of benzene rings is 1. The normalized spacial score (nSPS) is 16.4. The second-order valence-electron chi connectivity index (χ2n) is 7.21. The summed E-state index contributed by atoms with van der Waals surface area (Å²) in [5.41, 5.74) is 0.567. The molecule has 0 spiro atoms. The number of phenols is 1. The summed E-state index contributed by atoms with van der Waals surface area (Å²) in [5, 5.41) is 22.3. The number of aromatic hydroxyl groups is 1. The van der Waals surface area contributed by atoms with E-state index in [0.29, 0.717) is 23.3 Å². The van der Waals surface area contributed by atoms with Gasteiger partial charge in [-0.15, -0.1) is 21.5 Å². The molecule has 0 aliphatic carbocycles. The molecule has 1 aliphatic rings. The van der Waals surface area contributed by atoms with E-state index in [0.717, 1.165) is 40.9 Å². The van der Waals surface area contributed by atoms with Crippen molar-refractivity contribution in [3.8, 4) is 16.5 Å². The zero-order chi connectivity index (χ0) is 21.4. The van der Waals surface area contributed by atoms with Crippen LogP contribution in [0.4, 0.5) is 0 Å². The topological polar surface area (TPSA) is 90.4 Å². The Labute approximate surface area is 190 Å². The SMILES string of the molecule is O=c1cc(CSc2nnc(-c3cccs3)n2CC2CCCO2)c2cc(Cl)c(O)cc2o1. The van der Waals surface area contributed by atoms with Crippen molar-refractivity contribution >= 4 is 45.7 Å². The summed E-state index contributed by atoms with van der Waals surface area (Å²) < 4.78 is 13.2. The Kier molecular flexibility index (Phi) is 5.75. The first-order valence-corrected chi connectivity index (χ1v) is 12.0. The highest BCUT2D eigenvalue weighted by Gasteiger charge is 2.22. The van der Waals surface area contributed by atoms with Gasteiger partial charge in [-0.1, -0.05) is 29.4 Å². The first-order chi connectivity index (χ1) is 15.1. The Balaban J connectivity index is 1.48. The fourth-order valence-corrected chi connectivity index (χ4v) is 5.46. The number of hydrogen-bond acceptors (Lipinski definition) is 8. The van der Waals surface area contributed by atoms with Gasteiger partial charge in [-0.2, -0.15) is 0 Å². The lowest BCUT2D eigenvalue weighted by Crippen LogP contribution is -2.16. The van der Waals surface area contributed by atoms with Gasteiger partial charge in [-0.3, -0.25) is 4.57 Å². The standard InChI is InChI=1S/C21H18ClN3O4S2/c22-15-8-14-12(7-19(27)29-17(14)9-16(15)26)11-31-21-24-23-20(18-4-2-6-30-18)25(21)10-13-3-1-5-28-13/h2,4,6-9,13,26H,1,3,5,10-11H2. The van der Waals surface area contributed by atoms with Crippen molar-refractivity contribution in [3.63, 3.8) is 0 Å². The second-order valence-corrected chi connectivity index (χ2v) is 9.51. The van der Waals surface area contributed by atoms with Crippen molar-refractivity contribution < 1.29 is 14.3 Å². The molecule has 0 radical (unpaired) electrons. The van der Waals surface area contributed by atoms with Crippen LogP contribution < -0.4 is 5.63 Å². The molecule has 31 heavy (non-hydrogen) atoms. The van der Waals surface area contributed by atoms with Crippen LogP contribution in [0.25, 0.3) is 21.7 Å². The molecular weight excluding hydrogens is 458 g/mol. The van der Waals surface area contributed by atoms with Crippen molar-refractivity contribution in [1.82, 2.24) is 14.8 Å². The van der Waals surface area contributed by atoms with Crippen LogP contribution in [0.2, 0.25) is 5.02 Å². The van der Waals surface area contributed by atoms with Crippen molar-refractivity contribution in [2.45, 2.75) is 36.4 Å². The molecular formula is C21H18ClN3O4S2. The molecule has 160 valence electrons. The van der Waals surface area contributed by atoms with E-state index < -0.39 is 5.63 Å². The predicted molar refractivity (Wildman–Crippen MR) is 121 cm³/mol. The number of halogens is 1. The molecule has 0 amide bonds. The molecule has 1 atom stereocenters. The number of phenolic OH excluding ortho intramolecular Hbond substituents is 1. The average Bonchev–Trinajstić information content (AvgIpc) is 3.50. The highest BCUT2D eigenvalue weighted by atomic mass is 35.5. The molecule has 10 heteroatoms. The molecule has 1 N–H and O–H groups in total. The average molecular weight is 476 g/mol. The lowest BCUT2D eigenvalue weighted by atomic mass is 10.1. The van der Waals surface area contributed by atoms with Crippen LogP contribution >= 0.6 is 34.7 Å². The highest BCUT2D eigenvalue weighted by molar-refractivity contribution is 7.98. The summed E-state index contributed by atoms with van der Waals surface area (Å²) >= 11 is 9.19. The Bertz CT molecular complexity index is 1280. The Morgan fingerprint density at radius 3 is 3.00 bits per heavy atom. The van der Waals surface area contributed by atoms with Gasteiger partial charge < -0.3 is 14.3 Å². The highest BCUT2D eigenvalue weighted by Crippen LogP contribution is 2.34. The van der Waals surface area contributed by atoms with E-state index in [1.54, 1.807) is 17.4 Å². The Morgan fingerprint density at radius 2 is 2.23 bits per heavy atom. The molecule has 1 fully saturated rings. The minimum atomic E-state index is -0.482. The van der Waals surface area contributed by atoms with Crippen molar-refractivity contribution in [1.29, 1.82) is 0 Å². The van der Waals surface area contributed by atoms with Gasteiger partial charge in [-0.25, -0.2) is 4.79 Å². The van der Waals surface area contributed by atoms with E-state index in [1.165, 1.54) is 23.9 Å². The van der Waals surface area contributed by atoms with Crippen molar-refractivity contribution in [2.24, 2.45) is 0 Å². The van der Waals surface area contributed by atoms with Gasteiger partial charge in [0.1, 0.15) is 11.3 Å². The van der Waals surface area contributed by atoms with Crippen LogP contribution in [-0.2, 0) is 17.0 Å². The quantitative estimate of drug-likeness (QED) is 0.312. The monoisotopic (exact) mass is 475 g/mol. The minimum Gasteiger partial charge on any atom is -0.506 e. The molecule has 3 aromatic heterocycles. The lowest BCUT2D eigenvalue weighted by molar-refractivity contribution is 0.0953. The number of hydrogen-bond donors (Lipinski definition) is 1. The van der Waals surface area contributed by atoms with Crippen molar-refractivity contribution in [3.05, 3.63) is 56.7 Å². The zero-order valence-corrected chi connectivity index (χ0v) is 18.7. The summed E-state index contributed by atoms with van der Waals surface area (Å²) in [6.07, 6.45) is 2.21. The van der Waals surface area contributed by atoms with Gasteiger partial charge in [-0.05, 0) is 35.9 Å². The van der Waals surface area contributed by atoms with Gasteiger partial charge >= 0.3 is 5.63 Å². The van der Waals surface area contributed by atoms with Gasteiger partial charge in [0, 0.05) is 29.9 Å². The number of fused-ring (bicyclic) bond motifs is 1. The number of thiophene rings is 1. The maximum absolute atomic E-state index is 12.0. The maximum Gasteiger partial charge on any atom is 0.336 e.